The van der Waals surface area contributed by atoms with Gasteiger partial charge in [0.05, 0.1) is 5.54 Å². The highest BCUT2D eigenvalue weighted by Crippen LogP contribution is 2.32. The summed E-state index contributed by atoms with van der Waals surface area (Å²) in [5.74, 6) is 0. The Balaban J connectivity index is 3.08. The first-order valence-corrected chi connectivity index (χ1v) is 7.07. The van der Waals surface area contributed by atoms with Crippen LogP contribution >= 0.6 is 0 Å². The molecule has 0 amide bonds. The van der Waals surface area contributed by atoms with E-state index in [0.717, 1.165) is 12.8 Å². The molecule has 0 heterocycles. The van der Waals surface area contributed by atoms with Gasteiger partial charge in [-0.15, -0.1) is 0 Å². The Kier molecular flexibility index (Phi) is 5.83. The Morgan fingerprint density at radius 2 is 1.78 bits per heavy atom. The lowest BCUT2D eigenvalue weighted by Gasteiger charge is -2.41. The van der Waals surface area contributed by atoms with Crippen molar-refractivity contribution in [3.05, 3.63) is 35.9 Å². The van der Waals surface area contributed by atoms with Crippen molar-refractivity contribution in [2.45, 2.75) is 51.1 Å². The van der Waals surface area contributed by atoms with E-state index in [1.807, 2.05) is 0 Å². The molecule has 0 fully saturated rings. The Morgan fingerprint density at radius 1 is 1.17 bits per heavy atom. The zero-order valence-electron chi connectivity index (χ0n) is 12.3. The number of hydrogen-bond acceptors (Lipinski definition) is 2. The second kappa shape index (κ2) is 6.91. The second-order valence-corrected chi connectivity index (χ2v) is 5.40. The lowest BCUT2D eigenvalue weighted by Crippen LogP contribution is -2.53. The lowest BCUT2D eigenvalue weighted by atomic mass is 9.78. The minimum atomic E-state index is -0.241. The van der Waals surface area contributed by atoms with Crippen LogP contribution in [0.15, 0.2) is 30.3 Å². The molecule has 1 rings (SSSR count). The highest BCUT2D eigenvalue weighted by molar-refractivity contribution is 5.26. The van der Waals surface area contributed by atoms with Gasteiger partial charge in [-0.3, -0.25) is 0 Å². The van der Waals surface area contributed by atoms with Gasteiger partial charge in [0.25, 0.3) is 0 Å². The van der Waals surface area contributed by atoms with E-state index in [9.17, 15) is 0 Å². The predicted octanol–water partition coefficient (Wildman–Crippen LogP) is 3.37. The van der Waals surface area contributed by atoms with Gasteiger partial charge in [0.1, 0.15) is 0 Å². The zero-order chi connectivity index (χ0) is 13.6. The van der Waals surface area contributed by atoms with E-state index in [0.29, 0.717) is 6.04 Å². The molecular formula is C16H28N2. The molecular weight excluding hydrogens is 220 g/mol. The normalized spacial score (nSPS) is 16.6. The maximum Gasteiger partial charge on any atom is 0.0566 e. The SMILES string of the molecule is CCCCC(N)(c1ccccc1)C(CC)N(C)C. The summed E-state index contributed by atoms with van der Waals surface area (Å²) in [6.07, 6.45) is 4.48. The summed E-state index contributed by atoms with van der Waals surface area (Å²) in [4.78, 5) is 2.27. The quantitative estimate of drug-likeness (QED) is 0.801. The van der Waals surface area contributed by atoms with Crippen molar-refractivity contribution < 1.29 is 0 Å². The number of rotatable bonds is 7. The van der Waals surface area contributed by atoms with Crippen molar-refractivity contribution in [1.82, 2.24) is 4.90 Å². The van der Waals surface area contributed by atoms with Crippen LogP contribution in [0.4, 0.5) is 0 Å². The molecule has 0 saturated carbocycles. The van der Waals surface area contributed by atoms with E-state index in [2.05, 4.69) is 63.2 Å². The molecule has 0 saturated heterocycles. The van der Waals surface area contributed by atoms with Crippen LogP contribution in [0, 0.1) is 0 Å². The van der Waals surface area contributed by atoms with Gasteiger partial charge in [-0.1, -0.05) is 57.0 Å². The Bertz CT molecular complexity index is 334. The number of likely N-dealkylation sites (N-methyl/N-ethyl adjacent to an activating group) is 1. The van der Waals surface area contributed by atoms with E-state index < -0.39 is 0 Å². The van der Waals surface area contributed by atoms with E-state index >= 15 is 0 Å². The largest absolute Gasteiger partial charge is 0.320 e. The summed E-state index contributed by atoms with van der Waals surface area (Å²) in [5, 5.41) is 0. The lowest BCUT2D eigenvalue weighted by molar-refractivity contribution is 0.158. The van der Waals surface area contributed by atoms with E-state index in [4.69, 9.17) is 5.73 Å². The van der Waals surface area contributed by atoms with Crippen molar-refractivity contribution in [2.24, 2.45) is 5.73 Å². The zero-order valence-corrected chi connectivity index (χ0v) is 12.3. The maximum absolute atomic E-state index is 6.82. The van der Waals surface area contributed by atoms with Gasteiger partial charge in [0, 0.05) is 6.04 Å². The second-order valence-electron chi connectivity index (χ2n) is 5.40. The summed E-state index contributed by atoms with van der Waals surface area (Å²) in [6, 6.07) is 11.0. The number of unbranched alkanes of at least 4 members (excludes halogenated alkanes) is 1. The Morgan fingerprint density at radius 3 is 2.22 bits per heavy atom. The van der Waals surface area contributed by atoms with Gasteiger partial charge in [0.2, 0.25) is 0 Å². The Hall–Kier alpha value is -0.860. The van der Waals surface area contributed by atoms with Gasteiger partial charge in [-0.2, -0.15) is 0 Å². The van der Waals surface area contributed by atoms with Crippen LogP contribution in [0.2, 0.25) is 0 Å². The molecule has 2 unspecified atom stereocenters. The first kappa shape index (κ1) is 15.2. The van der Waals surface area contributed by atoms with E-state index in [-0.39, 0.29) is 5.54 Å². The molecule has 2 atom stereocenters. The minimum absolute atomic E-state index is 0.241. The molecule has 0 radical (unpaired) electrons. The van der Waals surface area contributed by atoms with Gasteiger partial charge >= 0.3 is 0 Å². The highest BCUT2D eigenvalue weighted by atomic mass is 15.1. The third-order valence-corrected chi connectivity index (χ3v) is 3.86. The van der Waals surface area contributed by atoms with E-state index in [1.165, 1.54) is 18.4 Å². The first-order valence-electron chi connectivity index (χ1n) is 7.07. The summed E-state index contributed by atoms with van der Waals surface area (Å²) in [6.45, 7) is 4.45. The third-order valence-electron chi connectivity index (χ3n) is 3.86. The molecule has 18 heavy (non-hydrogen) atoms. The molecule has 0 aliphatic heterocycles. The standard InChI is InChI=1S/C16H28N2/c1-5-7-13-16(17,15(6-2)18(3)4)14-11-9-8-10-12-14/h8-12,15H,5-7,13,17H2,1-4H3. The number of benzene rings is 1. The molecule has 0 aliphatic rings. The van der Waals surface area contributed by atoms with Crippen molar-refractivity contribution >= 4 is 0 Å². The summed E-state index contributed by atoms with van der Waals surface area (Å²) >= 11 is 0. The van der Waals surface area contributed by atoms with Crippen molar-refractivity contribution in [3.63, 3.8) is 0 Å². The molecule has 1 aromatic rings. The average Bonchev–Trinajstić information content (AvgIpc) is 2.37. The topological polar surface area (TPSA) is 29.3 Å². The summed E-state index contributed by atoms with van der Waals surface area (Å²) in [7, 11) is 4.26. The molecule has 0 bridgehead atoms. The molecule has 2 N–H and O–H groups in total. The molecule has 2 nitrogen and oxygen atoms in total. The monoisotopic (exact) mass is 248 g/mol. The van der Waals surface area contributed by atoms with Gasteiger partial charge in [0.15, 0.2) is 0 Å². The molecule has 0 aromatic heterocycles. The highest BCUT2D eigenvalue weighted by Gasteiger charge is 2.36. The molecule has 102 valence electrons. The van der Waals surface area contributed by atoms with Gasteiger partial charge in [-0.25, -0.2) is 0 Å². The van der Waals surface area contributed by atoms with Crippen LogP contribution in [-0.4, -0.2) is 25.0 Å². The summed E-state index contributed by atoms with van der Waals surface area (Å²) in [5.41, 5.74) is 7.84. The average molecular weight is 248 g/mol. The minimum Gasteiger partial charge on any atom is -0.320 e. The van der Waals surface area contributed by atoms with E-state index in [1.54, 1.807) is 0 Å². The van der Waals surface area contributed by atoms with Crippen LogP contribution in [0.1, 0.15) is 45.1 Å². The van der Waals surface area contributed by atoms with Gasteiger partial charge in [-0.05, 0) is 32.5 Å². The fourth-order valence-electron chi connectivity index (χ4n) is 2.91. The smallest absolute Gasteiger partial charge is 0.0566 e. The van der Waals surface area contributed by atoms with Crippen molar-refractivity contribution in [3.8, 4) is 0 Å². The van der Waals surface area contributed by atoms with Crippen molar-refractivity contribution in [2.75, 3.05) is 14.1 Å². The van der Waals surface area contributed by atoms with Crippen molar-refractivity contribution in [1.29, 1.82) is 0 Å². The summed E-state index contributed by atoms with van der Waals surface area (Å²) < 4.78 is 0. The van der Waals surface area contributed by atoms with Gasteiger partial charge < -0.3 is 10.6 Å². The molecule has 2 heteroatoms. The van der Waals surface area contributed by atoms with Crippen LogP contribution in [0.3, 0.4) is 0 Å². The van der Waals surface area contributed by atoms with Crippen LogP contribution in [0.5, 0.6) is 0 Å². The van der Waals surface area contributed by atoms with Crippen LogP contribution in [0.25, 0.3) is 0 Å². The fourth-order valence-corrected chi connectivity index (χ4v) is 2.91. The number of nitrogens with zero attached hydrogens (tertiary/aromatic N) is 1. The van der Waals surface area contributed by atoms with Crippen LogP contribution in [-0.2, 0) is 5.54 Å². The molecule has 1 aromatic carbocycles. The van der Waals surface area contributed by atoms with Crippen LogP contribution < -0.4 is 5.73 Å². The fraction of sp³-hybridized carbons (Fsp3) is 0.625. The first-order chi connectivity index (χ1) is 8.56. The molecule has 0 aliphatic carbocycles. The maximum atomic E-state index is 6.82. The number of nitrogens with two attached hydrogens (primary N) is 1. The Labute approximate surface area is 112 Å². The third kappa shape index (κ3) is 3.33. The molecule has 0 spiro atoms. The predicted molar refractivity (Wildman–Crippen MR) is 79.6 cm³/mol. The number of hydrogen-bond donors (Lipinski definition) is 1.